The molecule has 0 radical (unpaired) electrons. The first kappa shape index (κ1) is 20.6. The molecule has 0 N–H and O–H groups in total. The molecule has 0 saturated carbocycles. The van der Waals surface area contributed by atoms with Gasteiger partial charge in [-0.25, -0.2) is 4.90 Å². The van der Waals surface area contributed by atoms with Crippen molar-refractivity contribution >= 4 is 29.1 Å². The summed E-state index contributed by atoms with van der Waals surface area (Å²) in [6, 6.07) is 16.6. The van der Waals surface area contributed by atoms with Gasteiger partial charge in [0.25, 0.3) is 0 Å². The molecule has 31 heavy (non-hydrogen) atoms. The van der Waals surface area contributed by atoms with E-state index in [-0.39, 0.29) is 11.8 Å². The fraction of sp³-hybridized carbons (Fsp3) is 0.125. The molecule has 0 aliphatic heterocycles. The molecule has 7 heteroatoms. The second-order valence-corrected chi connectivity index (χ2v) is 7.34. The van der Waals surface area contributed by atoms with Gasteiger partial charge in [-0.2, -0.15) is 0 Å². The Balaban J connectivity index is 1.97. The highest BCUT2D eigenvalue weighted by Gasteiger charge is 2.28. The summed E-state index contributed by atoms with van der Waals surface area (Å²) in [6.45, 7) is 3.42. The molecule has 2 aromatic heterocycles. The lowest BCUT2D eigenvalue weighted by Crippen LogP contribution is -2.23. The van der Waals surface area contributed by atoms with Crippen molar-refractivity contribution in [3.05, 3.63) is 77.6 Å². The zero-order valence-electron chi connectivity index (χ0n) is 17.3. The SMILES string of the molecule is COc1ccc(-c2noc(N(C(C)=O)c3ccccc3Cl)c2-c2ccncc2)cc1C. The van der Waals surface area contributed by atoms with E-state index in [4.69, 9.17) is 20.9 Å². The summed E-state index contributed by atoms with van der Waals surface area (Å²) in [6.07, 6.45) is 3.37. The first-order chi connectivity index (χ1) is 15.0. The standard InChI is InChI=1S/C24H20ClN3O3/c1-15-14-18(8-9-21(15)30-3)23-22(17-10-12-26-13-11-17)24(31-27-23)28(16(2)29)20-7-5-4-6-19(20)25/h4-14H,1-3H3. The maximum atomic E-state index is 12.7. The highest BCUT2D eigenvalue weighted by atomic mass is 35.5. The summed E-state index contributed by atoms with van der Waals surface area (Å²) in [4.78, 5) is 18.3. The third-order valence-corrected chi connectivity index (χ3v) is 5.24. The average Bonchev–Trinajstić information content (AvgIpc) is 3.20. The monoisotopic (exact) mass is 433 g/mol. The lowest BCUT2D eigenvalue weighted by atomic mass is 9.99. The van der Waals surface area contributed by atoms with Gasteiger partial charge in [-0.05, 0) is 60.5 Å². The van der Waals surface area contributed by atoms with Crippen LogP contribution in [0.1, 0.15) is 12.5 Å². The van der Waals surface area contributed by atoms with Gasteiger partial charge in [-0.15, -0.1) is 0 Å². The summed E-state index contributed by atoms with van der Waals surface area (Å²) in [5.74, 6) is 0.812. The maximum absolute atomic E-state index is 12.7. The van der Waals surface area contributed by atoms with Crippen molar-refractivity contribution in [2.45, 2.75) is 13.8 Å². The molecule has 2 aromatic carbocycles. The second kappa shape index (κ2) is 8.62. The lowest BCUT2D eigenvalue weighted by molar-refractivity contribution is -0.116. The Morgan fingerprint density at radius 1 is 1.06 bits per heavy atom. The number of halogens is 1. The quantitative estimate of drug-likeness (QED) is 0.382. The molecule has 0 bridgehead atoms. The number of nitrogens with zero attached hydrogens (tertiary/aromatic N) is 3. The summed E-state index contributed by atoms with van der Waals surface area (Å²) in [7, 11) is 1.63. The predicted molar refractivity (Wildman–Crippen MR) is 121 cm³/mol. The summed E-state index contributed by atoms with van der Waals surface area (Å²) in [5.41, 5.74) is 4.39. The van der Waals surface area contributed by atoms with Crippen molar-refractivity contribution in [2.24, 2.45) is 0 Å². The number of amides is 1. The largest absolute Gasteiger partial charge is 0.496 e. The number of benzene rings is 2. The first-order valence-electron chi connectivity index (χ1n) is 9.61. The highest BCUT2D eigenvalue weighted by Crippen LogP contribution is 2.43. The number of anilines is 2. The minimum absolute atomic E-state index is 0.253. The summed E-state index contributed by atoms with van der Waals surface area (Å²) in [5, 5.41) is 4.77. The summed E-state index contributed by atoms with van der Waals surface area (Å²) < 4.78 is 11.2. The van der Waals surface area contributed by atoms with E-state index in [0.717, 1.165) is 22.4 Å². The molecule has 156 valence electrons. The van der Waals surface area contributed by atoms with Crippen LogP contribution in [0.2, 0.25) is 5.02 Å². The molecular formula is C24H20ClN3O3. The van der Waals surface area contributed by atoms with Crippen molar-refractivity contribution in [1.82, 2.24) is 10.1 Å². The molecule has 0 fully saturated rings. The molecule has 6 nitrogen and oxygen atoms in total. The van der Waals surface area contributed by atoms with E-state index < -0.39 is 0 Å². The molecule has 4 aromatic rings. The number of pyridine rings is 1. The normalized spacial score (nSPS) is 10.7. The maximum Gasteiger partial charge on any atom is 0.247 e. The van der Waals surface area contributed by atoms with Gasteiger partial charge in [0.2, 0.25) is 11.8 Å². The van der Waals surface area contributed by atoms with Crippen molar-refractivity contribution in [3.63, 3.8) is 0 Å². The number of carbonyl (C=O) groups excluding carboxylic acids is 1. The van der Waals surface area contributed by atoms with Gasteiger partial charge in [-0.3, -0.25) is 9.78 Å². The third kappa shape index (κ3) is 3.90. The van der Waals surface area contributed by atoms with E-state index in [1.165, 1.54) is 11.8 Å². The molecule has 0 aliphatic carbocycles. The third-order valence-electron chi connectivity index (χ3n) is 4.92. The average molecular weight is 434 g/mol. The van der Waals surface area contributed by atoms with Crippen LogP contribution in [0.3, 0.4) is 0 Å². The minimum atomic E-state index is -0.253. The Morgan fingerprint density at radius 2 is 1.81 bits per heavy atom. The van der Waals surface area contributed by atoms with Gasteiger partial charge in [0.15, 0.2) is 0 Å². The van der Waals surface area contributed by atoms with Crippen LogP contribution in [0.5, 0.6) is 5.75 Å². The molecular weight excluding hydrogens is 414 g/mol. The van der Waals surface area contributed by atoms with Crippen molar-refractivity contribution in [2.75, 3.05) is 12.0 Å². The molecule has 1 amide bonds. The van der Waals surface area contributed by atoms with Crippen LogP contribution >= 0.6 is 11.6 Å². The van der Waals surface area contributed by atoms with Crippen molar-refractivity contribution < 1.29 is 14.1 Å². The minimum Gasteiger partial charge on any atom is -0.496 e. The van der Waals surface area contributed by atoms with Crippen LogP contribution in [0.4, 0.5) is 11.6 Å². The number of para-hydroxylation sites is 1. The number of aryl methyl sites for hydroxylation is 1. The van der Waals surface area contributed by atoms with Gasteiger partial charge in [-0.1, -0.05) is 28.9 Å². The van der Waals surface area contributed by atoms with Crippen LogP contribution in [0.15, 0.2) is 71.5 Å². The molecule has 2 heterocycles. The number of ether oxygens (including phenoxy) is 1. The zero-order chi connectivity index (χ0) is 22.0. The molecule has 0 spiro atoms. The number of methoxy groups -OCH3 is 1. The van der Waals surface area contributed by atoms with E-state index >= 15 is 0 Å². The van der Waals surface area contributed by atoms with E-state index in [1.807, 2.05) is 43.3 Å². The van der Waals surface area contributed by atoms with E-state index in [9.17, 15) is 4.79 Å². The Hall–Kier alpha value is -3.64. The fourth-order valence-electron chi connectivity index (χ4n) is 3.49. The topological polar surface area (TPSA) is 68.5 Å². The number of aromatic nitrogens is 2. The number of hydrogen-bond donors (Lipinski definition) is 0. The lowest BCUT2D eigenvalue weighted by Gasteiger charge is -2.20. The zero-order valence-corrected chi connectivity index (χ0v) is 18.1. The molecule has 4 rings (SSSR count). The number of carbonyl (C=O) groups is 1. The Bertz CT molecular complexity index is 1240. The first-order valence-corrected chi connectivity index (χ1v) is 9.99. The van der Waals surface area contributed by atoms with Crippen LogP contribution in [-0.2, 0) is 4.79 Å². The fourth-order valence-corrected chi connectivity index (χ4v) is 3.71. The van der Waals surface area contributed by atoms with E-state index in [1.54, 1.807) is 37.7 Å². The van der Waals surface area contributed by atoms with Gasteiger partial charge in [0, 0.05) is 24.9 Å². The van der Waals surface area contributed by atoms with Gasteiger partial charge in [0.05, 0.1) is 23.4 Å². The Labute approximate surface area is 185 Å². The van der Waals surface area contributed by atoms with E-state index in [0.29, 0.717) is 22.0 Å². The summed E-state index contributed by atoms with van der Waals surface area (Å²) >= 11 is 6.41. The van der Waals surface area contributed by atoms with E-state index in [2.05, 4.69) is 10.1 Å². The van der Waals surface area contributed by atoms with Crippen LogP contribution in [0, 0.1) is 6.92 Å². The van der Waals surface area contributed by atoms with Crippen LogP contribution in [0.25, 0.3) is 22.4 Å². The number of hydrogen-bond acceptors (Lipinski definition) is 5. The van der Waals surface area contributed by atoms with Crippen LogP contribution < -0.4 is 9.64 Å². The Morgan fingerprint density at radius 3 is 2.45 bits per heavy atom. The Kier molecular flexibility index (Phi) is 5.73. The highest BCUT2D eigenvalue weighted by molar-refractivity contribution is 6.34. The van der Waals surface area contributed by atoms with Crippen molar-refractivity contribution in [1.29, 1.82) is 0 Å². The van der Waals surface area contributed by atoms with Gasteiger partial charge in [0.1, 0.15) is 11.4 Å². The van der Waals surface area contributed by atoms with Crippen LogP contribution in [-0.4, -0.2) is 23.2 Å². The molecule has 0 saturated heterocycles. The predicted octanol–water partition coefficient (Wildman–Crippen LogP) is 6.06. The molecule has 0 atom stereocenters. The van der Waals surface area contributed by atoms with Crippen molar-refractivity contribution in [3.8, 4) is 28.1 Å². The second-order valence-electron chi connectivity index (χ2n) is 6.94. The van der Waals surface area contributed by atoms with Gasteiger partial charge < -0.3 is 9.26 Å². The van der Waals surface area contributed by atoms with Gasteiger partial charge >= 0.3 is 0 Å². The molecule has 0 unspecified atom stereocenters. The molecule has 0 aliphatic rings. The smallest absolute Gasteiger partial charge is 0.247 e. The number of rotatable bonds is 5.